The van der Waals surface area contributed by atoms with Crippen molar-refractivity contribution in [1.29, 1.82) is 0 Å². The minimum atomic E-state index is -3.33. The Morgan fingerprint density at radius 2 is 1.78 bits per heavy atom. The van der Waals surface area contributed by atoms with Gasteiger partial charge in [0.05, 0.1) is 5.75 Å². The molecule has 0 bridgehead atoms. The van der Waals surface area contributed by atoms with Gasteiger partial charge in [-0.2, -0.15) is 4.31 Å². The van der Waals surface area contributed by atoms with Crippen LogP contribution in [0.25, 0.3) is 0 Å². The van der Waals surface area contributed by atoms with Crippen LogP contribution in [-0.2, 0) is 27.8 Å². The van der Waals surface area contributed by atoms with Gasteiger partial charge in [0.25, 0.3) is 0 Å². The van der Waals surface area contributed by atoms with Gasteiger partial charge in [0.1, 0.15) is 0 Å². The Morgan fingerprint density at radius 1 is 1.09 bits per heavy atom. The fraction of sp³-hybridized carbons (Fsp3) is 0.562. The second-order valence-electron chi connectivity index (χ2n) is 6.05. The number of piperazine rings is 1. The lowest BCUT2D eigenvalue weighted by atomic mass is 10.00. The topological polar surface area (TPSA) is 69.7 Å². The van der Waals surface area contributed by atoms with Gasteiger partial charge in [-0.15, -0.1) is 0 Å². The molecule has 1 aromatic carbocycles. The van der Waals surface area contributed by atoms with E-state index in [-0.39, 0.29) is 18.1 Å². The molecular formula is C16H23N3O3S. The van der Waals surface area contributed by atoms with Gasteiger partial charge in [0.15, 0.2) is 0 Å². The largest absolute Gasteiger partial charge is 0.338 e. The molecule has 0 unspecified atom stereocenters. The molecule has 0 spiro atoms. The van der Waals surface area contributed by atoms with Crippen molar-refractivity contribution in [2.24, 2.45) is 0 Å². The van der Waals surface area contributed by atoms with Crippen LogP contribution in [0.2, 0.25) is 0 Å². The van der Waals surface area contributed by atoms with E-state index in [1.54, 1.807) is 4.90 Å². The molecule has 1 aromatic rings. The molecule has 0 aromatic heterocycles. The monoisotopic (exact) mass is 337 g/mol. The van der Waals surface area contributed by atoms with E-state index in [1.165, 1.54) is 9.87 Å². The quantitative estimate of drug-likeness (QED) is 0.852. The predicted octanol–water partition coefficient (Wildman–Crippen LogP) is 0.196. The van der Waals surface area contributed by atoms with Crippen molar-refractivity contribution in [2.45, 2.75) is 19.4 Å². The number of carbonyl (C=O) groups excluding carboxylic acids is 1. The Kier molecular flexibility index (Phi) is 4.99. The number of nitrogens with zero attached hydrogens (tertiary/aromatic N) is 2. The van der Waals surface area contributed by atoms with Crippen molar-refractivity contribution in [2.75, 3.05) is 38.5 Å². The van der Waals surface area contributed by atoms with Crippen molar-refractivity contribution in [3.8, 4) is 0 Å². The maximum absolute atomic E-state index is 12.4. The van der Waals surface area contributed by atoms with Gasteiger partial charge in [0, 0.05) is 45.7 Å². The van der Waals surface area contributed by atoms with Gasteiger partial charge in [-0.05, 0) is 17.5 Å². The molecule has 2 aliphatic heterocycles. The summed E-state index contributed by atoms with van der Waals surface area (Å²) in [6, 6.07) is 8.11. The number of fused-ring (bicyclic) bond motifs is 1. The molecule has 0 saturated carbocycles. The van der Waals surface area contributed by atoms with Crippen LogP contribution >= 0.6 is 0 Å². The highest BCUT2D eigenvalue weighted by atomic mass is 32.2. The highest BCUT2D eigenvalue weighted by molar-refractivity contribution is 7.89. The van der Waals surface area contributed by atoms with Crippen LogP contribution in [0.15, 0.2) is 24.3 Å². The number of benzene rings is 1. The lowest BCUT2D eigenvalue weighted by molar-refractivity contribution is -0.131. The Bertz CT molecular complexity index is 669. The summed E-state index contributed by atoms with van der Waals surface area (Å²) in [5.74, 6) is -0.164. The van der Waals surface area contributed by atoms with Crippen molar-refractivity contribution < 1.29 is 13.2 Å². The van der Waals surface area contributed by atoms with E-state index in [4.69, 9.17) is 0 Å². The molecule has 1 N–H and O–H groups in total. The summed E-state index contributed by atoms with van der Waals surface area (Å²) in [6.45, 7) is 3.60. The average molecular weight is 337 g/mol. The molecule has 0 aliphatic carbocycles. The van der Waals surface area contributed by atoms with E-state index in [0.717, 1.165) is 12.0 Å². The molecule has 1 saturated heterocycles. The molecule has 0 atom stereocenters. The van der Waals surface area contributed by atoms with Crippen LogP contribution < -0.4 is 5.32 Å². The zero-order chi connectivity index (χ0) is 16.3. The second kappa shape index (κ2) is 6.98. The molecule has 6 nitrogen and oxygen atoms in total. The Morgan fingerprint density at radius 3 is 2.52 bits per heavy atom. The first-order valence-electron chi connectivity index (χ1n) is 8.09. The summed E-state index contributed by atoms with van der Waals surface area (Å²) < 4.78 is 26.1. The molecular weight excluding hydrogens is 314 g/mol. The number of nitrogens with one attached hydrogen (secondary N) is 1. The van der Waals surface area contributed by atoms with E-state index in [9.17, 15) is 13.2 Å². The third kappa shape index (κ3) is 3.91. The standard InChI is InChI=1S/C16H23N3O3S/c20-16(6-12-23(21,22)19-10-7-17-8-11-19)18-9-5-14-3-1-2-4-15(14)13-18/h1-4,17H,5-13H2. The van der Waals surface area contributed by atoms with Crippen LogP contribution in [0.5, 0.6) is 0 Å². The summed E-state index contributed by atoms with van der Waals surface area (Å²) in [5, 5.41) is 3.13. The summed E-state index contributed by atoms with van der Waals surface area (Å²) >= 11 is 0. The van der Waals surface area contributed by atoms with E-state index in [1.807, 2.05) is 18.2 Å². The van der Waals surface area contributed by atoms with Crippen LogP contribution in [-0.4, -0.2) is 62.0 Å². The molecule has 23 heavy (non-hydrogen) atoms. The maximum atomic E-state index is 12.4. The molecule has 1 amide bonds. The van der Waals surface area contributed by atoms with Gasteiger partial charge in [-0.1, -0.05) is 24.3 Å². The number of rotatable bonds is 4. The highest BCUT2D eigenvalue weighted by Gasteiger charge is 2.26. The fourth-order valence-electron chi connectivity index (χ4n) is 3.13. The molecule has 7 heteroatoms. The van der Waals surface area contributed by atoms with Crippen LogP contribution in [0.4, 0.5) is 0 Å². The molecule has 1 fully saturated rings. The van der Waals surface area contributed by atoms with Gasteiger partial charge >= 0.3 is 0 Å². The van der Waals surface area contributed by atoms with E-state index >= 15 is 0 Å². The van der Waals surface area contributed by atoms with Crippen LogP contribution in [0, 0.1) is 0 Å². The van der Waals surface area contributed by atoms with Crippen molar-refractivity contribution in [1.82, 2.24) is 14.5 Å². The minimum absolute atomic E-state index is 0.0639. The molecule has 0 radical (unpaired) electrons. The third-order valence-corrected chi connectivity index (χ3v) is 6.40. The van der Waals surface area contributed by atoms with E-state index in [2.05, 4.69) is 11.4 Å². The summed E-state index contributed by atoms with van der Waals surface area (Å²) in [4.78, 5) is 14.1. The SMILES string of the molecule is O=C(CCS(=O)(=O)N1CCNCC1)N1CCc2ccccc2C1. The van der Waals surface area contributed by atoms with Gasteiger partial charge in [0.2, 0.25) is 15.9 Å². The van der Waals surface area contributed by atoms with Gasteiger partial charge < -0.3 is 10.2 Å². The van der Waals surface area contributed by atoms with Gasteiger partial charge in [-0.3, -0.25) is 4.79 Å². The first kappa shape index (κ1) is 16.4. The summed E-state index contributed by atoms with van der Waals surface area (Å²) in [5.41, 5.74) is 2.45. The number of hydrogen-bond donors (Lipinski definition) is 1. The molecule has 126 valence electrons. The minimum Gasteiger partial charge on any atom is -0.338 e. The lowest BCUT2D eigenvalue weighted by Gasteiger charge is -2.30. The predicted molar refractivity (Wildman–Crippen MR) is 88.4 cm³/mol. The molecule has 2 aliphatic rings. The number of hydrogen-bond acceptors (Lipinski definition) is 4. The van der Waals surface area contributed by atoms with Crippen molar-refractivity contribution >= 4 is 15.9 Å². The lowest BCUT2D eigenvalue weighted by Crippen LogP contribution is -2.47. The maximum Gasteiger partial charge on any atom is 0.223 e. The second-order valence-corrected chi connectivity index (χ2v) is 8.14. The summed E-state index contributed by atoms with van der Waals surface area (Å²) in [7, 11) is -3.33. The Labute approximate surface area is 137 Å². The van der Waals surface area contributed by atoms with Crippen LogP contribution in [0.3, 0.4) is 0 Å². The first-order valence-corrected chi connectivity index (χ1v) is 9.70. The zero-order valence-electron chi connectivity index (χ0n) is 13.2. The molecule has 3 rings (SSSR count). The first-order chi connectivity index (χ1) is 11.1. The summed E-state index contributed by atoms with van der Waals surface area (Å²) in [6.07, 6.45) is 0.904. The Balaban J connectivity index is 1.55. The number of sulfonamides is 1. The average Bonchev–Trinajstić information content (AvgIpc) is 2.60. The smallest absolute Gasteiger partial charge is 0.223 e. The fourth-order valence-corrected chi connectivity index (χ4v) is 4.56. The van der Waals surface area contributed by atoms with Crippen molar-refractivity contribution in [3.63, 3.8) is 0 Å². The number of amides is 1. The molecule has 2 heterocycles. The highest BCUT2D eigenvalue weighted by Crippen LogP contribution is 2.19. The third-order valence-electron chi connectivity index (χ3n) is 4.53. The van der Waals surface area contributed by atoms with Gasteiger partial charge in [-0.25, -0.2) is 8.42 Å². The van der Waals surface area contributed by atoms with E-state index in [0.29, 0.717) is 39.3 Å². The zero-order valence-corrected chi connectivity index (χ0v) is 14.0. The van der Waals surface area contributed by atoms with Crippen LogP contribution in [0.1, 0.15) is 17.5 Å². The van der Waals surface area contributed by atoms with E-state index < -0.39 is 10.0 Å². The van der Waals surface area contributed by atoms with Crippen molar-refractivity contribution in [3.05, 3.63) is 35.4 Å². The number of carbonyl (C=O) groups is 1. The normalized spacial score (nSPS) is 19.4. The Hall–Kier alpha value is -1.44.